The summed E-state index contributed by atoms with van der Waals surface area (Å²) in [6.07, 6.45) is 3.32. The third-order valence-corrected chi connectivity index (χ3v) is 3.46. The zero-order chi connectivity index (χ0) is 15.0. The molecule has 0 bridgehead atoms. The molecule has 0 aliphatic heterocycles. The van der Waals surface area contributed by atoms with Crippen molar-refractivity contribution in [3.63, 3.8) is 0 Å². The molecular formula is C16H24F3N. The molecule has 0 aromatic heterocycles. The zero-order valence-electron chi connectivity index (χ0n) is 12.0. The van der Waals surface area contributed by atoms with E-state index in [4.69, 9.17) is 5.73 Å². The highest BCUT2D eigenvalue weighted by molar-refractivity contribution is 5.25. The summed E-state index contributed by atoms with van der Waals surface area (Å²) in [7, 11) is 0. The summed E-state index contributed by atoms with van der Waals surface area (Å²) in [6.45, 7) is 2.18. The summed E-state index contributed by atoms with van der Waals surface area (Å²) in [5.74, 6) is 0. The first-order valence-electron chi connectivity index (χ1n) is 7.35. The largest absolute Gasteiger partial charge is 0.416 e. The van der Waals surface area contributed by atoms with E-state index in [0.29, 0.717) is 6.42 Å². The van der Waals surface area contributed by atoms with Crippen molar-refractivity contribution >= 4 is 0 Å². The van der Waals surface area contributed by atoms with E-state index < -0.39 is 11.7 Å². The zero-order valence-corrected chi connectivity index (χ0v) is 12.0. The highest BCUT2D eigenvalue weighted by atomic mass is 19.4. The molecule has 0 spiro atoms. The molecule has 0 amide bonds. The summed E-state index contributed by atoms with van der Waals surface area (Å²) in [5, 5.41) is 0. The van der Waals surface area contributed by atoms with Crippen molar-refractivity contribution in [3.8, 4) is 0 Å². The predicted molar refractivity (Wildman–Crippen MR) is 76.5 cm³/mol. The van der Waals surface area contributed by atoms with E-state index in [0.717, 1.165) is 30.5 Å². The van der Waals surface area contributed by atoms with Crippen molar-refractivity contribution < 1.29 is 13.2 Å². The number of unbranched alkanes of at least 4 members (excludes halogenated alkanes) is 4. The van der Waals surface area contributed by atoms with Crippen molar-refractivity contribution in [1.82, 2.24) is 0 Å². The first-order chi connectivity index (χ1) is 9.43. The van der Waals surface area contributed by atoms with Gasteiger partial charge in [0.15, 0.2) is 0 Å². The van der Waals surface area contributed by atoms with Gasteiger partial charge >= 0.3 is 6.18 Å². The summed E-state index contributed by atoms with van der Waals surface area (Å²) >= 11 is 0. The van der Waals surface area contributed by atoms with Crippen LogP contribution in [0.4, 0.5) is 13.2 Å². The van der Waals surface area contributed by atoms with Crippen LogP contribution in [-0.4, -0.2) is 6.04 Å². The quantitative estimate of drug-likeness (QED) is 0.674. The molecule has 0 fully saturated rings. The Bertz CT molecular complexity index is 370. The third kappa shape index (κ3) is 6.42. The smallest absolute Gasteiger partial charge is 0.327 e. The second-order valence-electron chi connectivity index (χ2n) is 5.36. The van der Waals surface area contributed by atoms with Crippen molar-refractivity contribution in [2.24, 2.45) is 5.73 Å². The summed E-state index contributed by atoms with van der Waals surface area (Å²) in [4.78, 5) is 0. The Labute approximate surface area is 119 Å². The molecule has 0 heterocycles. The minimum absolute atomic E-state index is 0.0355. The van der Waals surface area contributed by atoms with Crippen molar-refractivity contribution in [2.45, 2.75) is 64.1 Å². The van der Waals surface area contributed by atoms with Gasteiger partial charge in [0.1, 0.15) is 0 Å². The Morgan fingerprint density at radius 3 is 2.15 bits per heavy atom. The topological polar surface area (TPSA) is 26.0 Å². The molecule has 0 aliphatic carbocycles. The Morgan fingerprint density at radius 1 is 1.00 bits per heavy atom. The van der Waals surface area contributed by atoms with Crippen molar-refractivity contribution in [2.75, 3.05) is 0 Å². The number of hydrogen-bond donors (Lipinski definition) is 1. The standard InChI is InChI=1S/C16H24F3N/c1-2-3-4-5-6-7-15(20)12-13-8-10-14(11-9-13)16(17,18)19/h8-11,15H,2-7,12,20H2,1H3. The van der Waals surface area contributed by atoms with Crippen LogP contribution < -0.4 is 5.73 Å². The summed E-state index contributed by atoms with van der Waals surface area (Å²) in [5.41, 5.74) is 6.29. The van der Waals surface area contributed by atoms with Gasteiger partial charge in [0.05, 0.1) is 5.56 Å². The highest BCUT2D eigenvalue weighted by Crippen LogP contribution is 2.29. The molecule has 2 N–H and O–H groups in total. The van der Waals surface area contributed by atoms with Crippen LogP contribution in [0, 0.1) is 0 Å². The minimum atomic E-state index is -4.26. The van der Waals surface area contributed by atoms with Gasteiger partial charge in [0, 0.05) is 6.04 Å². The van der Waals surface area contributed by atoms with E-state index in [9.17, 15) is 13.2 Å². The lowest BCUT2D eigenvalue weighted by Crippen LogP contribution is -2.22. The van der Waals surface area contributed by atoms with Gasteiger partial charge in [0.25, 0.3) is 0 Å². The fourth-order valence-corrected chi connectivity index (χ4v) is 2.24. The van der Waals surface area contributed by atoms with Crippen LogP contribution in [0.1, 0.15) is 56.6 Å². The van der Waals surface area contributed by atoms with Crippen molar-refractivity contribution in [1.29, 1.82) is 0 Å². The van der Waals surface area contributed by atoms with E-state index in [1.807, 2.05) is 0 Å². The number of hydrogen-bond acceptors (Lipinski definition) is 1. The first kappa shape index (κ1) is 17.0. The van der Waals surface area contributed by atoms with Crippen LogP contribution in [0.25, 0.3) is 0 Å². The number of rotatable bonds is 8. The molecular weight excluding hydrogens is 263 g/mol. The molecule has 1 atom stereocenters. The Balaban J connectivity index is 2.33. The van der Waals surface area contributed by atoms with Crippen LogP contribution in [0.3, 0.4) is 0 Å². The third-order valence-electron chi connectivity index (χ3n) is 3.46. The van der Waals surface area contributed by atoms with Crippen LogP contribution in [0.2, 0.25) is 0 Å². The lowest BCUT2D eigenvalue weighted by Gasteiger charge is -2.12. The molecule has 1 nitrogen and oxygen atoms in total. The fourth-order valence-electron chi connectivity index (χ4n) is 2.24. The van der Waals surface area contributed by atoms with Gasteiger partial charge in [0.2, 0.25) is 0 Å². The SMILES string of the molecule is CCCCCCCC(N)Cc1ccc(C(F)(F)F)cc1. The molecule has 1 aromatic rings. The fraction of sp³-hybridized carbons (Fsp3) is 0.625. The van der Waals surface area contributed by atoms with Crippen LogP contribution in [0.15, 0.2) is 24.3 Å². The minimum Gasteiger partial charge on any atom is -0.327 e. The van der Waals surface area contributed by atoms with Gasteiger partial charge in [-0.3, -0.25) is 0 Å². The maximum atomic E-state index is 12.4. The molecule has 0 aliphatic rings. The Kier molecular flexibility index (Phi) is 7.06. The predicted octanol–water partition coefficient (Wildman–Crippen LogP) is 4.94. The van der Waals surface area contributed by atoms with Crippen molar-refractivity contribution in [3.05, 3.63) is 35.4 Å². The maximum Gasteiger partial charge on any atom is 0.416 e. The van der Waals surface area contributed by atoms with E-state index in [1.54, 1.807) is 0 Å². The first-order valence-corrected chi connectivity index (χ1v) is 7.35. The molecule has 0 saturated heterocycles. The molecule has 0 radical (unpaired) electrons. The Morgan fingerprint density at radius 2 is 1.60 bits per heavy atom. The monoisotopic (exact) mass is 287 g/mol. The Hall–Kier alpha value is -1.03. The number of alkyl halides is 3. The summed E-state index contributed by atoms with van der Waals surface area (Å²) in [6, 6.07) is 5.35. The molecule has 114 valence electrons. The lowest BCUT2D eigenvalue weighted by molar-refractivity contribution is -0.137. The highest BCUT2D eigenvalue weighted by Gasteiger charge is 2.29. The lowest BCUT2D eigenvalue weighted by atomic mass is 9.99. The van der Waals surface area contributed by atoms with Gasteiger partial charge in [-0.25, -0.2) is 0 Å². The van der Waals surface area contributed by atoms with Gasteiger partial charge < -0.3 is 5.73 Å². The van der Waals surface area contributed by atoms with E-state index in [1.165, 1.54) is 37.8 Å². The average Bonchev–Trinajstić information content (AvgIpc) is 2.38. The molecule has 1 aromatic carbocycles. The van der Waals surface area contributed by atoms with Crippen LogP contribution in [-0.2, 0) is 12.6 Å². The molecule has 0 saturated carbocycles. The number of benzene rings is 1. The second kappa shape index (κ2) is 8.30. The van der Waals surface area contributed by atoms with Crippen LogP contribution in [0.5, 0.6) is 0 Å². The molecule has 20 heavy (non-hydrogen) atoms. The average molecular weight is 287 g/mol. The molecule has 1 unspecified atom stereocenters. The van der Waals surface area contributed by atoms with Crippen LogP contribution >= 0.6 is 0 Å². The second-order valence-corrected chi connectivity index (χ2v) is 5.36. The van der Waals surface area contributed by atoms with Gasteiger partial charge in [-0.1, -0.05) is 51.2 Å². The van der Waals surface area contributed by atoms with Gasteiger partial charge in [-0.2, -0.15) is 13.2 Å². The number of halogens is 3. The normalized spacial score (nSPS) is 13.4. The van der Waals surface area contributed by atoms with E-state index in [2.05, 4.69) is 6.92 Å². The van der Waals surface area contributed by atoms with E-state index >= 15 is 0 Å². The van der Waals surface area contributed by atoms with Gasteiger partial charge in [-0.15, -0.1) is 0 Å². The number of nitrogens with two attached hydrogens (primary N) is 1. The van der Waals surface area contributed by atoms with Gasteiger partial charge in [-0.05, 0) is 30.5 Å². The molecule has 1 rings (SSSR count). The summed E-state index contributed by atoms with van der Waals surface area (Å²) < 4.78 is 37.3. The molecule has 4 heteroatoms. The maximum absolute atomic E-state index is 12.4. The van der Waals surface area contributed by atoms with E-state index in [-0.39, 0.29) is 6.04 Å².